The molecule has 168 valence electrons. The number of rotatable bonds is 0. The average Bonchev–Trinajstić information content (AvgIpc) is 2.78. The standard InChI is InChI=1S/C23H28O8/c24-23-21-17-3-1-5-19(21)31-20-6-2-4-18(22(20)23)30-16-14-28-12-10-26-8-7-25-9-11-27-13-15-29-17/h1-6,23-24H,7-16H2. The molecule has 0 aromatic heterocycles. The zero-order valence-electron chi connectivity index (χ0n) is 17.4. The fourth-order valence-electron chi connectivity index (χ4n) is 3.46. The Hall–Kier alpha value is -2.36. The Bertz CT molecular complexity index is 773. The Morgan fingerprint density at radius 3 is 1.29 bits per heavy atom. The van der Waals surface area contributed by atoms with Gasteiger partial charge in [0, 0.05) is 0 Å². The van der Waals surface area contributed by atoms with Crippen molar-refractivity contribution in [2.24, 2.45) is 0 Å². The van der Waals surface area contributed by atoms with Crippen molar-refractivity contribution < 1.29 is 38.3 Å². The summed E-state index contributed by atoms with van der Waals surface area (Å²) in [6.45, 7) is 4.44. The summed E-state index contributed by atoms with van der Waals surface area (Å²) in [4.78, 5) is 0. The molecule has 0 saturated carbocycles. The van der Waals surface area contributed by atoms with Crippen LogP contribution in [-0.4, -0.2) is 71.2 Å². The van der Waals surface area contributed by atoms with Gasteiger partial charge in [0.25, 0.3) is 0 Å². The molecule has 0 atom stereocenters. The van der Waals surface area contributed by atoms with Crippen LogP contribution in [0.1, 0.15) is 17.2 Å². The molecule has 0 aliphatic carbocycles. The lowest BCUT2D eigenvalue weighted by Crippen LogP contribution is -2.16. The lowest BCUT2D eigenvalue weighted by Gasteiger charge is -2.28. The first kappa shape index (κ1) is 21.9. The van der Waals surface area contributed by atoms with Crippen LogP contribution in [0.15, 0.2) is 36.4 Å². The zero-order chi connectivity index (χ0) is 21.3. The molecule has 0 unspecified atom stereocenters. The maximum Gasteiger partial charge on any atom is 0.137 e. The molecule has 2 heterocycles. The van der Waals surface area contributed by atoms with Crippen molar-refractivity contribution in [3.05, 3.63) is 47.5 Å². The smallest absolute Gasteiger partial charge is 0.137 e. The minimum absolute atomic E-state index is 0.342. The third-order valence-electron chi connectivity index (χ3n) is 4.91. The molecule has 0 amide bonds. The van der Waals surface area contributed by atoms with Crippen LogP contribution in [0.5, 0.6) is 23.0 Å². The van der Waals surface area contributed by atoms with E-state index >= 15 is 0 Å². The summed E-state index contributed by atoms with van der Waals surface area (Å²) in [5.41, 5.74) is 1.15. The van der Waals surface area contributed by atoms with E-state index in [-0.39, 0.29) is 0 Å². The first-order valence-electron chi connectivity index (χ1n) is 10.5. The summed E-state index contributed by atoms with van der Waals surface area (Å²) in [5.74, 6) is 2.23. The number of hydrogen-bond donors (Lipinski definition) is 1. The number of ether oxygens (including phenoxy) is 7. The molecule has 2 aromatic rings. The molecule has 0 fully saturated rings. The first-order valence-corrected chi connectivity index (χ1v) is 10.5. The predicted molar refractivity (Wildman–Crippen MR) is 111 cm³/mol. The molecular formula is C23H28O8. The molecule has 0 radical (unpaired) electrons. The molecule has 8 heteroatoms. The molecule has 2 aromatic carbocycles. The van der Waals surface area contributed by atoms with Crippen LogP contribution in [0.2, 0.25) is 0 Å². The van der Waals surface area contributed by atoms with Gasteiger partial charge in [0.15, 0.2) is 0 Å². The van der Waals surface area contributed by atoms with Crippen molar-refractivity contribution in [3.63, 3.8) is 0 Å². The SMILES string of the molecule is OC1c2c3cccc2Oc2cccc(c21)OCCOCCOCCOCCOCCO3. The van der Waals surface area contributed by atoms with Gasteiger partial charge in [-0.1, -0.05) is 12.1 Å². The summed E-state index contributed by atoms with van der Waals surface area (Å²) in [6.07, 6.45) is -0.941. The minimum atomic E-state index is -0.941. The predicted octanol–water partition coefficient (Wildman–Crippen LogP) is 2.71. The van der Waals surface area contributed by atoms with Gasteiger partial charge in [-0.05, 0) is 24.3 Å². The minimum Gasteiger partial charge on any atom is -0.491 e. The first-order chi connectivity index (χ1) is 15.3. The highest BCUT2D eigenvalue weighted by Crippen LogP contribution is 2.49. The molecular weight excluding hydrogens is 404 g/mol. The molecule has 2 bridgehead atoms. The van der Waals surface area contributed by atoms with Gasteiger partial charge in [0.05, 0.1) is 64.0 Å². The van der Waals surface area contributed by atoms with Crippen LogP contribution >= 0.6 is 0 Å². The number of aliphatic hydroxyl groups excluding tert-OH is 1. The maximum atomic E-state index is 11.2. The average molecular weight is 432 g/mol. The highest BCUT2D eigenvalue weighted by molar-refractivity contribution is 5.60. The van der Waals surface area contributed by atoms with E-state index in [9.17, 15) is 5.11 Å². The van der Waals surface area contributed by atoms with E-state index in [2.05, 4.69) is 0 Å². The van der Waals surface area contributed by atoms with Gasteiger partial charge in [0.2, 0.25) is 0 Å². The van der Waals surface area contributed by atoms with Gasteiger partial charge in [-0.2, -0.15) is 0 Å². The molecule has 2 aliphatic heterocycles. The maximum absolute atomic E-state index is 11.2. The topological polar surface area (TPSA) is 84.8 Å². The van der Waals surface area contributed by atoms with Crippen molar-refractivity contribution in [1.82, 2.24) is 0 Å². The van der Waals surface area contributed by atoms with Crippen LogP contribution in [0.3, 0.4) is 0 Å². The molecule has 1 N–H and O–H groups in total. The van der Waals surface area contributed by atoms with Gasteiger partial charge in [-0.3, -0.25) is 0 Å². The second kappa shape index (κ2) is 11.3. The van der Waals surface area contributed by atoms with Crippen LogP contribution < -0.4 is 14.2 Å². The third-order valence-corrected chi connectivity index (χ3v) is 4.91. The Kier molecular flexibility index (Phi) is 7.98. The third kappa shape index (κ3) is 5.66. The van der Waals surface area contributed by atoms with Gasteiger partial charge >= 0.3 is 0 Å². The molecule has 31 heavy (non-hydrogen) atoms. The van der Waals surface area contributed by atoms with E-state index in [4.69, 9.17) is 33.2 Å². The molecule has 0 saturated heterocycles. The summed E-state index contributed by atoms with van der Waals surface area (Å²) in [7, 11) is 0. The lowest BCUT2D eigenvalue weighted by molar-refractivity contribution is -0.00696. The van der Waals surface area contributed by atoms with E-state index in [0.717, 1.165) is 0 Å². The fraction of sp³-hybridized carbons (Fsp3) is 0.478. The Balaban J connectivity index is 1.51. The summed E-state index contributed by atoms with van der Waals surface area (Å²) in [6, 6.07) is 10.9. The van der Waals surface area contributed by atoms with Crippen molar-refractivity contribution in [2.75, 3.05) is 66.1 Å². The van der Waals surface area contributed by atoms with E-state index in [1.807, 2.05) is 36.4 Å². The lowest BCUT2D eigenvalue weighted by atomic mass is 9.95. The molecule has 8 nitrogen and oxygen atoms in total. The second-order valence-electron chi connectivity index (χ2n) is 6.99. The summed E-state index contributed by atoms with van der Waals surface area (Å²) < 4.78 is 39.8. The van der Waals surface area contributed by atoms with Crippen LogP contribution in [-0.2, 0) is 18.9 Å². The molecule has 0 spiro atoms. The highest BCUT2D eigenvalue weighted by atomic mass is 16.6. The van der Waals surface area contributed by atoms with Crippen molar-refractivity contribution >= 4 is 0 Å². The summed E-state index contributed by atoms with van der Waals surface area (Å²) >= 11 is 0. The van der Waals surface area contributed by atoms with Gasteiger partial charge in [-0.15, -0.1) is 0 Å². The van der Waals surface area contributed by atoms with Crippen LogP contribution in [0.25, 0.3) is 0 Å². The molecule has 2 aliphatic rings. The Morgan fingerprint density at radius 1 is 0.516 bits per heavy atom. The number of hydrogen-bond acceptors (Lipinski definition) is 8. The normalized spacial score (nSPS) is 19.3. The van der Waals surface area contributed by atoms with Crippen molar-refractivity contribution in [3.8, 4) is 23.0 Å². The number of aliphatic hydroxyl groups is 1. The van der Waals surface area contributed by atoms with Gasteiger partial charge in [0.1, 0.15) is 42.3 Å². The Labute approximate surface area is 181 Å². The van der Waals surface area contributed by atoms with E-state index in [1.165, 1.54) is 0 Å². The Morgan fingerprint density at radius 2 is 0.871 bits per heavy atom. The monoisotopic (exact) mass is 432 g/mol. The highest BCUT2D eigenvalue weighted by Gasteiger charge is 2.31. The van der Waals surface area contributed by atoms with E-state index in [0.29, 0.717) is 100 Å². The van der Waals surface area contributed by atoms with Crippen LogP contribution in [0, 0.1) is 0 Å². The van der Waals surface area contributed by atoms with Crippen LogP contribution in [0.4, 0.5) is 0 Å². The van der Waals surface area contributed by atoms with Gasteiger partial charge < -0.3 is 38.3 Å². The van der Waals surface area contributed by atoms with Gasteiger partial charge in [-0.25, -0.2) is 0 Å². The van der Waals surface area contributed by atoms with Crippen molar-refractivity contribution in [2.45, 2.75) is 6.10 Å². The molecule has 4 rings (SSSR count). The summed E-state index contributed by atoms with van der Waals surface area (Å²) in [5, 5.41) is 11.2. The van der Waals surface area contributed by atoms with E-state index < -0.39 is 6.10 Å². The fourth-order valence-corrected chi connectivity index (χ4v) is 3.46. The largest absolute Gasteiger partial charge is 0.491 e. The zero-order valence-corrected chi connectivity index (χ0v) is 17.4. The van der Waals surface area contributed by atoms with Crippen molar-refractivity contribution in [1.29, 1.82) is 0 Å². The second-order valence-corrected chi connectivity index (χ2v) is 6.99. The van der Waals surface area contributed by atoms with E-state index in [1.54, 1.807) is 0 Å². The number of benzene rings is 2. The quantitative estimate of drug-likeness (QED) is 0.680.